The average Bonchev–Trinajstić information content (AvgIpc) is 2.37. The molecular weight excluding hydrogens is 231 g/mol. The number of hydrogen-bond donors (Lipinski definition) is 1. The molecular formula is C14H19FN2O. The second-order valence-electron chi connectivity index (χ2n) is 4.98. The summed E-state index contributed by atoms with van der Waals surface area (Å²) in [6.45, 7) is 0. The first kappa shape index (κ1) is 12.9. The van der Waals surface area contributed by atoms with Crippen LogP contribution in [0.3, 0.4) is 0 Å². The molecule has 0 heterocycles. The highest BCUT2D eigenvalue weighted by Crippen LogP contribution is 2.23. The number of anilines is 1. The van der Waals surface area contributed by atoms with Crippen molar-refractivity contribution < 1.29 is 9.18 Å². The van der Waals surface area contributed by atoms with Gasteiger partial charge in [-0.3, -0.25) is 4.79 Å². The molecule has 0 aliphatic heterocycles. The summed E-state index contributed by atoms with van der Waals surface area (Å²) in [6, 6.07) is 4.27. The van der Waals surface area contributed by atoms with Crippen molar-refractivity contribution in [3.63, 3.8) is 0 Å². The normalized spacial score (nSPS) is 16.6. The highest BCUT2D eigenvalue weighted by Gasteiger charge is 2.23. The minimum absolute atomic E-state index is 0.145. The molecule has 1 aromatic carbocycles. The Kier molecular flexibility index (Phi) is 3.84. The number of carbonyl (C=O) groups is 1. The highest BCUT2D eigenvalue weighted by atomic mass is 19.1. The first-order chi connectivity index (χ1) is 8.58. The van der Waals surface area contributed by atoms with Crippen molar-refractivity contribution in [2.75, 3.05) is 12.8 Å². The predicted molar refractivity (Wildman–Crippen MR) is 69.8 cm³/mol. The fourth-order valence-corrected chi connectivity index (χ4v) is 2.57. The number of nitrogens with zero attached hydrogens (tertiary/aromatic N) is 1. The van der Waals surface area contributed by atoms with Crippen LogP contribution in [0.1, 0.15) is 42.5 Å². The van der Waals surface area contributed by atoms with E-state index in [2.05, 4.69) is 0 Å². The Morgan fingerprint density at radius 2 is 1.94 bits per heavy atom. The maximum atomic E-state index is 13.2. The zero-order chi connectivity index (χ0) is 13.1. The van der Waals surface area contributed by atoms with Crippen LogP contribution in [0.5, 0.6) is 0 Å². The molecule has 2 rings (SSSR count). The molecule has 0 radical (unpaired) electrons. The first-order valence-corrected chi connectivity index (χ1v) is 6.41. The fraction of sp³-hybridized carbons (Fsp3) is 0.500. The van der Waals surface area contributed by atoms with Crippen molar-refractivity contribution in [3.05, 3.63) is 29.6 Å². The molecule has 3 nitrogen and oxygen atoms in total. The van der Waals surface area contributed by atoms with Crippen LogP contribution in [-0.4, -0.2) is 23.9 Å². The van der Waals surface area contributed by atoms with E-state index in [0.29, 0.717) is 5.56 Å². The quantitative estimate of drug-likeness (QED) is 0.820. The lowest BCUT2D eigenvalue weighted by molar-refractivity contribution is 0.0696. The van der Waals surface area contributed by atoms with Crippen molar-refractivity contribution in [2.45, 2.75) is 38.1 Å². The van der Waals surface area contributed by atoms with Gasteiger partial charge in [-0.05, 0) is 31.0 Å². The van der Waals surface area contributed by atoms with E-state index in [1.54, 1.807) is 11.9 Å². The minimum Gasteiger partial charge on any atom is -0.399 e. The Bertz CT molecular complexity index is 421. The number of amides is 1. The number of rotatable bonds is 2. The Morgan fingerprint density at radius 3 is 2.56 bits per heavy atom. The molecule has 0 atom stereocenters. The van der Waals surface area contributed by atoms with Gasteiger partial charge in [0, 0.05) is 24.3 Å². The van der Waals surface area contributed by atoms with Gasteiger partial charge in [0.2, 0.25) is 0 Å². The Balaban J connectivity index is 2.14. The third-order valence-electron chi connectivity index (χ3n) is 3.61. The standard InChI is InChI=1S/C14H19FN2O/c1-17(13-5-3-2-4-6-13)14(18)10-7-11(15)9-12(16)8-10/h7-9,13H,2-6,16H2,1H3. The van der Waals surface area contributed by atoms with E-state index in [4.69, 9.17) is 5.73 Å². The molecule has 98 valence electrons. The van der Waals surface area contributed by atoms with Crippen molar-refractivity contribution in [1.29, 1.82) is 0 Å². The van der Waals surface area contributed by atoms with Crippen LogP contribution < -0.4 is 5.73 Å². The van der Waals surface area contributed by atoms with Gasteiger partial charge >= 0.3 is 0 Å². The molecule has 1 aromatic rings. The fourth-order valence-electron chi connectivity index (χ4n) is 2.57. The van der Waals surface area contributed by atoms with Crippen LogP contribution in [0.4, 0.5) is 10.1 Å². The number of halogens is 1. The van der Waals surface area contributed by atoms with E-state index in [9.17, 15) is 9.18 Å². The third kappa shape index (κ3) is 2.81. The van der Waals surface area contributed by atoms with E-state index in [1.807, 2.05) is 0 Å². The predicted octanol–water partition coefficient (Wildman–Crippen LogP) is 2.81. The number of nitrogen functional groups attached to an aromatic ring is 1. The van der Waals surface area contributed by atoms with Gasteiger partial charge in [0.1, 0.15) is 5.82 Å². The third-order valence-corrected chi connectivity index (χ3v) is 3.61. The lowest BCUT2D eigenvalue weighted by atomic mass is 9.94. The average molecular weight is 250 g/mol. The van der Waals surface area contributed by atoms with Crippen LogP contribution in [0, 0.1) is 5.82 Å². The zero-order valence-corrected chi connectivity index (χ0v) is 10.7. The first-order valence-electron chi connectivity index (χ1n) is 6.41. The Morgan fingerprint density at radius 1 is 1.28 bits per heavy atom. The van der Waals surface area contributed by atoms with Crippen molar-refractivity contribution in [2.24, 2.45) is 0 Å². The molecule has 1 saturated carbocycles. The molecule has 4 heteroatoms. The van der Waals surface area contributed by atoms with E-state index in [0.717, 1.165) is 25.7 Å². The van der Waals surface area contributed by atoms with Gasteiger partial charge in [-0.1, -0.05) is 19.3 Å². The van der Waals surface area contributed by atoms with Crippen molar-refractivity contribution >= 4 is 11.6 Å². The monoisotopic (exact) mass is 250 g/mol. The van der Waals surface area contributed by atoms with E-state index in [-0.39, 0.29) is 17.6 Å². The Labute approximate surface area is 107 Å². The second kappa shape index (κ2) is 5.38. The molecule has 2 N–H and O–H groups in total. The maximum absolute atomic E-state index is 13.2. The summed E-state index contributed by atoms with van der Waals surface area (Å²) in [4.78, 5) is 14.0. The molecule has 18 heavy (non-hydrogen) atoms. The molecule has 0 bridgehead atoms. The van der Waals surface area contributed by atoms with Crippen LogP contribution in [0.25, 0.3) is 0 Å². The smallest absolute Gasteiger partial charge is 0.254 e. The van der Waals surface area contributed by atoms with E-state index >= 15 is 0 Å². The van der Waals surface area contributed by atoms with Crippen LogP contribution in [-0.2, 0) is 0 Å². The largest absolute Gasteiger partial charge is 0.399 e. The van der Waals surface area contributed by atoms with Gasteiger partial charge in [-0.2, -0.15) is 0 Å². The summed E-state index contributed by atoms with van der Waals surface area (Å²) < 4.78 is 13.2. The van der Waals surface area contributed by atoms with Crippen LogP contribution in [0.2, 0.25) is 0 Å². The molecule has 1 fully saturated rings. The molecule has 1 aliphatic rings. The lowest BCUT2D eigenvalue weighted by Crippen LogP contribution is -2.38. The molecule has 0 spiro atoms. The summed E-state index contributed by atoms with van der Waals surface area (Å²) in [5, 5.41) is 0. The number of nitrogens with two attached hydrogens (primary N) is 1. The van der Waals surface area contributed by atoms with Crippen LogP contribution >= 0.6 is 0 Å². The van der Waals surface area contributed by atoms with Crippen molar-refractivity contribution in [1.82, 2.24) is 4.90 Å². The lowest BCUT2D eigenvalue weighted by Gasteiger charge is -2.31. The summed E-state index contributed by atoms with van der Waals surface area (Å²) in [7, 11) is 1.79. The molecule has 1 aliphatic carbocycles. The topological polar surface area (TPSA) is 46.3 Å². The zero-order valence-electron chi connectivity index (χ0n) is 10.7. The van der Waals surface area contributed by atoms with E-state index < -0.39 is 5.82 Å². The van der Waals surface area contributed by atoms with Gasteiger partial charge in [0.05, 0.1) is 0 Å². The summed E-state index contributed by atoms with van der Waals surface area (Å²) in [5.74, 6) is -0.608. The van der Waals surface area contributed by atoms with Gasteiger partial charge in [0.15, 0.2) is 0 Å². The number of hydrogen-bond acceptors (Lipinski definition) is 2. The molecule has 0 unspecified atom stereocenters. The van der Waals surface area contributed by atoms with E-state index in [1.165, 1.54) is 24.6 Å². The number of benzene rings is 1. The minimum atomic E-state index is -0.463. The summed E-state index contributed by atoms with van der Waals surface area (Å²) >= 11 is 0. The molecule has 1 amide bonds. The highest BCUT2D eigenvalue weighted by molar-refractivity contribution is 5.95. The van der Waals surface area contributed by atoms with Gasteiger partial charge in [-0.15, -0.1) is 0 Å². The van der Waals surface area contributed by atoms with Crippen molar-refractivity contribution in [3.8, 4) is 0 Å². The SMILES string of the molecule is CN(C(=O)c1cc(N)cc(F)c1)C1CCCCC1. The Hall–Kier alpha value is -1.58. The molecule has 0 saturated heterocycles. The number of carbonyl (C=O) groups excluding carboxylic acids is 1. The summed E-state index contributed by atoms with van der Waals surface area (Å²) in [6.07, 6.45) is 5.63. The maximum Gasteiger partial charge on any atom is 0.254 e. The molecule has 0 aromatic heterocycles. The second-order valence-corrected chi connectivity index (χ2v) is 4.98. The van der Waals surface area contributed by atoms with Gasteiger partial charge in [0.25, 0.3) is 5.91 Å². The summed E-state index contributed by atoms with van der Waals surface area (Å²) in [5.41, 5.74) is 6.19. The van der Waals surface area contributed by atoms with Crippen LogP contribution in [0.15, 0.2) is 18.2 Å². The van der Waals surface area contributed by atoms with Gasteiger partial charge in [-0.25, -0.2) is 4.39 Å². The van der Waals surface area contributed by atoms with Gasteiger partial charge < -0.3 is 10.6 Å².